The average Bonchev–Trinajstić information content (AvgIpc) is 2.28. The average molecular weight is 240 g/mol. The van der Waals surface area contributed by atoms with Crippen molar-refractivity contribution in [3.8, 4) is 0 Å². The molecule has 96 valence electrons. The summed E-state index contributed by atoms with van der Waals surface area (Å²) < 4.78 is 18.3. The highest BCUT2D eigenvalue weighted by Crippen LogP contribution is 2.12. The molecule has 17 heavy (non-hydrogen) atoms. The van der Waals surface area contributed by atoms with Crippen molar-refractivity contribution in [2.45, 2.75) is 39.3 Å². The molecule has 0 bridgehead atoms. The molecule has 1 atom stereocenters. The summed E-state index contributed by atoms with van der Waals surface area (Å²) in [6.45, 7) is 7.50. The van der Waals surface area contributed by atoms with Gasteiger partial charge in [0.15, 0.2) is 0 Å². The maximum Gasteiger partial charge on any atom is 0.141 e. The van der Waals surface area contributed by atoms with Crippen LogP contribution < -0.4 is 5.32 Å². The van der Waals surface area contributed by atoms with Crippen molar-refractivity contribution < 1.29 is 9.13 Å². The van der Waals surface area contributed by atoms with Crippen LogP contribution in [0.2, 0.25) is 0 Å². The van der Waals surface area contributed by atoms with Crippen LogP contribution in [-0.2, 0) is 4.74 Å². The fraction of sp³-hybridized carbons (Fsp3) is 0.615. The molecular weight excluding hydrogens is 219 g/mol. The van der Waals surface area contributed by atoms with E-state index < -0.39 is 0 Å². The van der Waals surface area contributed by atoms with E-state index in [-0.39, 0.29) is 11.9 Å². The van der Waals surface area contributed by atoms with Gasteiger partial charge < -0.3 is 10.1 Å². The lowest BCUT2D eigenvalue weighted by Crippen LogP contribution is -2.32. The number of hydrogen-bond acceptors (Lipinski definition) is 3. The minimum absolute atomic E-state index is 0.0159. The second-order valence-electron chi connectivity index (χ2n) is 4.35. The van der Waals surface area contributed by atoms with Crippen LogP contribution in [0.15, 0.2) is 18.3 Å². The second kappa shape index (κ2) is 7.35. The van der Waals surface area contributed by atoms with Crippen molar-refractivity contribution in [2.75, 3.05) is 13.2 Å². The minimum Gasteiger partial charge on any atom is -0.379 e. The fourth-order valence-corrected chi connectivity index (χ4v) is 1.56. The maximum atomic E-state index is 12.8. The Kier molecular flexibility index (Phi) is 6.08. The SMILES string of the molecule is CCCOCC(NC(C)C)c1ccc(F)cn1. The predicted molar refractivity (Wildman–Crippen MR) is 66.3 cm³/mol. The number of nitrogens with one attached hydrogen (secondary N) is 1. The summed E-state index contributed by atoms with van der Waals surface area (Å²) >= 11 is 0. The highest BCUT2D eigenvalue weighted by molar-refractivity contribution is 5.10. The first-order chi connectivity index (χ1) is 8.13. The molecule has 1 N–H and O–H groups in total. The quantitative estimate of drug-likeness (QED) is 0.744. The first-order valence-corrected chi connectivity index (χ1v) is 6.08. The smallest absolute Gasteiger partial charge is 0.141 e. The van der Waals surface area contributed by atoms with Crippen molar-refractivity contribution in [1.82, 2.24) is 10.3 Å². The topological polar surface area (TPSA) is 34.1 Å². The molecule has 0 aliphatic heterocycles. The Morgan fingerprint density at radius 1 is 1.41 bits per heavy atom. The number of aromatic nitrogens is 1. The minimum atomic E-state index is -0.313. The Hall–Kier alpha value is -1.00. The largest absolute Gasteiger partial charge is 0.379 e. The number of nitrogens with zero attached hydrogens (tertiary/aromatic N) is 1. The van der Waals surface area contributed by atoms with Gasteiger partial charge in [0.2, 0.25) is 0 Å². The summed E-state index contributed by atoms with van der Waals surface area (Å²) in [4.78, 5) is 4.09. The molecule has 1 aromatic heterocycles. The summed E-state index contributed by atoms with van der Waals surface area (Å²) in [5.41, 5.74) is 0.816. The van der Waals surface area contributed by atoms with E-state index in [2.05, 4.69) is 31.1 Å². The molecule has 3 nitrogen and oxygen atoms in total. The van der Waals surface area contributed by atoms with E-state index in [4.69, 9.17) is 4.74 Å². The van der Waals surface area contributed by atoms with Crippen LogP contribution >= 0.6 is 0 Å². The Bertz CT molecular complexity index is 314. The van der Waals surface area contributed by atoms with Gasteiger partial charge in [0.05, 0.1) is 24.5 Å². The third kappa shape index (κ3) is 5.24. The van der Waals surface area contributed by atoms with Crippen LogP contribution in [0.5, 0.6) is 0 Å². The van der Waals surface area contributed by atoms with Crippen molar-refractivity contribution in [3.63, 3.8) is 0 Å². The number of hydrogen-bond donors (Lipinski definition) is 1. The second-order valence-corrected chi connectivity index (χ2v) is 4.35. The van der Waals surface area contributed by atoms with Gasteiger partial charge in [0.1, 0.15) is 5.82 Å². The van der Waals surface area contributed by atoms with Crippen molar-refractivity contribution >= 4 is 0 Å². The molecule has 1 aromatic rings. The van der Waals surface area contributed by atoms with Crippen LogP contribution in [0, 0.1) is 5.82 Å². The molecule has 0 fully saturated rings. The first-order valence-electron chi connectivity index (χ1n) is 6.08. The van der Waals surface area contributed by atoms with Gasteiger partial charge in [-0.2, -0.15) is 0 Å². The summed E-state index contributed by atoms with van der Waals surface area (Å²) in [6.07, 6.45) is 2.23. The van der Waals surface area contributed by atoms with Crippen molar-refractivity contribution in [2.24, 2.45) is 0 Å². The molecule has 4 heteroatoms. The first kappa shape index (κ1) is 14.1. The Morgan fingerprint density at radius 2 is 2.18 bits per heavy atom. The van der Waals surface area contributed by atoms with Gasteiger partial charge in [-0.15, -0.1) is 0 Å². The molecule has 0 saturated heterocycles. The van der Waals surface area contributed by atoms with E-state index in [0.29, 0.717) is 12.6 Å². The zero-order valence-corrected chi connectivity index (χ0v) is 10.7. The van der Waals surface area contributed by atoms with E-state index in [1.807, 2.05) is 0 Å². The predicted octanol–water partition coefficient (Wildman–Crippen LogP) is 2.69. The van der Waals surface area contributed by atoms with Crippen molar-refractivity contribution in [3.05, 3.63) is 29.8 Å². The molecule has 0 aliphatic rings. The van der Waals surface area contributed by atoms with E-state index in [1.54, 1.807) is 6.07 Å². The van der Waals surface area contributed by atoms with E-state index in [0.717, 1.165) is 18.7 Å². The van der Waals surface area contributed by atoms with Crippen molar-refractivity contribution in [1.29, 1.82) is 0 Å². The highest BCUT2D eigenvalue weighted by atomic mass is 19.1. The number of halogens is 1. The molecule has 0 aliphatic carbocycles. The molecule has 0 spiro atoms. The standard InChI is InChI=1S/C13H21FN2O/c1-4-7-17-9-13(16-10(2)3)12-6-5-11(14)8-15-12/h5-6,8,10,13,16H,4,7,9H2,1-3H3. The molecule has 0 saturated carbocycles. The van der Waals surface area contributed by atoms with E-state index in [9.17, 15) is 4.39 Å². The molecular formula is C13H21FN2O. The lowest BCUT2D eigenvalue weighted by Gasteiger charge is -2.20. The van der Waals surface area contributed by atoms with E-state index in [1.165, 1.54) is 12.3 Å². The number of ether oxygens (including phenoxy) is 1. The Labute approximate surface area is 102 Å². The molecule has 1 unspecified atom stereocenters. The molecule has 1 rings (SSSR count). The maximum absolute atomic E-state index is 12.8. The summed E-state index contributed by atoms with van der Waals surface area (Å²) in [6, 6.07) is 3.47. The summed E-state index contributed by atoms with van der Waals surface area (Å²) in [5.74, 6) is -0.313. The zero-order valence-electron chi connectivity index (χ0n) is 10.7. The molecule has 0 aromatic carbocycles. The van der Waals surface area contributed by atoms with Gasteiger partial charge in [-0.1, -0.05) is 20.8 Å². The third-order valence-corrected chi connectivity index (χ3v) is 2.27. The number of pyridine rings is 1. The van der Waals surface area contributed by atoms with Crippen LogP contribution in [0.1, 0.15) is 38.9 Å². The van der Waals surface area contributed by atoms with Gasteiger partial charge in [-0.05, 0) is 18.6 Å². The van der Waals surface area contributed by atoms with E-state index >= 15 is 0 Å². The zero-order chi connectivity index (χ0) is 12.7. The normalized spacial score (nSPS) is 13.0. The van der Waals surface area contributed by atoms with Gasteiger partial charge in [0, 0.05) is 12.6 Å². The molecule has 0 radical (unpaired) electrons. The monoisotopic (exact) mass is 240 g/mol. The Balaban J connectivity index is 2.64. The number of rotatable bonds is 7. The van der Waals surface area contributed by atoms with Crippen LogP contribution in [-0.4, -0.2) is 24.2 Å². The highest BCUT2D eigenvalue weighted by Gasteiger charge is 2.14. The van der Waals surface area contributed by atoms with Gasteiger partial charge in [0.25, 0.3) is 0 Å². The fourth-order valence-electron chi connectivity index (χ4n) is 1.56. The summed E-state index contributed by atoms with van der Waals surface area (Å²) in [7, 11) is 0. The van der Waals surface area contributed by atoms with Gasteiger partial charge in [-0.25, -0.2) is 4.39 Å². The van der Waals surface area contributed by atoms with Gasteiger partial charge >= 0.3 is 0 Å². The lowest BCUT2D eigenvalue weighted by atomic mass is 10.1. The molecule has 0 amide bonds. The molecule has 1 heterocycles. The third-order valence-electron chi connectivity index (χ3n) is 2.27. The van der Waals surface area contributed by atoms with Crippen LogP contribution in [0.25, 0.3) is 0 Å². The Morgan fingerprint density at radius 3 is 2.71 bits per heavy atom. The van der Waals surface area contributed by atoms with Crippen LogP contribution in [0.3, 0.4) is 0 Å². The summed E-state index contributed by atoms with van der Waals surface area (Å²) in [5, 5.41) is 3.36. The van der Waals surface area contributed by atoms with Crippen LogP contribution in [0.4, 0.5) is 4.39 Å². The van der Waals surface area contributed by atoms with Gasteiger partial charge in [-0.3, -0.25) is 4.98 Å². The lowest BCUT2D eigenvalue weighted by molar-refractivity contribution is 0.108.